The van der Waals surface area contributed by atoms with Gasteiger partial charge in [0.1, 0.15) is 6.29 Å². The van der Waals surface area contributed by atoms with Crippen LogP contribution < -0.4 is 0 Å². The van der Waals surface area contributed by atoms with Crippen LogP contribution in [-0.2, 0) is 4.79 Å². The number of aryl methyl sites for hydroxylation is 4. The highest BCUT2D eigenvalue weighted by molar-refractivity contribution is 5.65. The van der Waals surface area contributed by atoms with Crippen molar-refractivity contribution >= 4 is 6.29 Å². The fourth-order valence-corrected chi connectivity index (χ4v) is 3.17. The van der Waals surface area contributed by atoms with Crippen LogP contribution in [-0.4, -0.2) is 6.29 Å². The normalized spacial score (nSPS) is 13.8. The minimum Gasteiger partial charge on any atom is -0.303 e. The molecular formula is C20H24O. The Labute approximate surface area is 128 Å². The fraction of sp³-hybridized carbons (Fsp3) is 0.350. The van der Waals surface area contributed by atoms with Gasteiger partial charge in [0.2, 0.25) is 0 Å². The Morgan fingerprint density at radius 2 is 1.10 bits per heavy atom. The zero-order valence-corrected chi connectivity index (χ0v) is 13.6. The average Bonchev–Trinajstić information content (AvgIpc) is 2.37. The first-order valence-electron chi connectivity index (χ1n) is 7.52. The molecule has 0 radical (unpaired) electrons. The lowest BCUT2D eigenvalue weighted by molar-refractivity contribution is -0.109. The highest BCUT2D eigenvalue weighted by atomic mass is 16.1. The van der Waals surface area contributed by atoms with E-state index in [-0.39, 0.29) is 11.8 Å². The lowest BCUT2D eigenvalue weighted by atomic mass is 9.82. The summed E-state index contributed by atoms with van der Waals surface area (Å²) in [5.41, 5.74) is 7.29. The van der Waals surface area contributed by atoms with Gasteiger partial charge in [0.05, 0.1) is 0 Å². The summed E-state index contributed by atoms with van der Waals surface area (Å²) in [5.74, 6) is 0.0899. The molecule has 0 fully saturated rings. The second-order valence-electron chi connectivity index (χ2n) is 6.29. The maximum atomic E-state index is 11.7. The summed E-state index contributed by atoms with van der Waals surface area (Å²) in [4.78, 5) is 11.7. The topological polar surface area (TPSA) is 17.1 Å². The number of hydrogen-bond donors (Lipinski definition) is 0. The van der Waals surface area contributed by atoms with Gasteiger partial charge in [-0.05, 0) is 44.7 Å². The molecule has 0 heterocycles. The van der Waals surface area contributed by atoms with Gasteiger partial charge in [-0.2, -0.15) is 0 Å². The minimum atomic E-state index is -0.0928. The van der Waals surface area contributed by atoms with Crippen molar-refractivity contribution in [2.24, 2.45) is 0 Å². The fourth-order valence-electron chi connectivity index (χ4n) is 3.17. The van der Waals surface area contributed by atoms with E-state index in [1.807, 2.05) is 0 Å². The van der Waals surface area contributed by atoms with E-state index in [4.69, 9.17) is 0 Å². The molecule has 110 valence electrons. The zero-order chi connectivity index (χ0) is 15.6. The molecule has 0 saturated heterocycles. The molecule has 0 aliphatic heterocycles. The SMILES string of the molecule is Cc1cc(C)cc(C(C)C(C=O)c2cc(C)cc(C)c2)c1. The molecule has 2 rings (SSSR count). The number of rotatable bonds is 4. The van der Waals surface area contributed by atoms with Crippen molar-refractivity contribution in [3.8, 4) is 0 Å². The zero-order valence-electron chi connectivity index (χ0n) is 13.6. The maximum absolute atomic E-state index is 11.7. The molecule has 0 amide bonds. The molecule has 2 aromatic carbocycles. The van der Waals surface area contributed by atoms with Gasteiger partial charge >= 0.3 is 0 Å². The first-order chi connectivity index (χ1) is 9.90. The third kappa shape index (κ3) is 3.60. The van der Waals surface area contributed by atoms with Crippen LogP contribution in [0.2, 0.25) is 0 Å². The lowest BCUT2D eigenvalue weighted by Gasteiger charge is -2.21. The van der Waals surface area contributed by atoms with Gasteiger partial charge in [-0.3, -0.25) is 0 Å². The first-order valence-corrected chi connectivity index (χ1v) is 7.52. The molecule has 1 nitrogen and oxygen atoms in total. The Balaban J connectivity index is 2.42. The predicted octanol–water partition coefficient (Wildman–Crippen LogP) is 5.01. The maximum Gasteiger partial charge on any atom is 0.128 e. The molecule has 0 spiro atoms. The van der Waals surface area contributed by atoms with Crippen LogP contribution in [0, 0.1) is 27.7 Å². The van der Waals surface area contributed by atoms with E-state index in [2.05, 4.69) is 71.0 Å². The molecule has 2 atom stereocenters. The largest absolute Gasteiger partial charge is 0.303 e. The number of hydrogen-bond acceptors (Lipinski definition) is 1. The summed E-state index contributed by atoms with van der Waals surface area (Å²) < 4.78 is 0. The Bertz CT molecular complexity index is 614. The van der Waals surface area contributed by atoms with Crippen LogP contribution in [0.5, 0.6) is 0 Å². The van der Waals surface area contributed by atoms with Crippen molar-refractivity contribution in [3.05, 3.63) is 69.8 Å². The van der Waals surface area contributed by atoms with Gasteiger partial charge < -0.3 is 4.79 Å². The van der Waals surface area contributed by atoms with E-state index in [0.29, 0.717) is 0 Å². The van der Waals surface area contributed by atoms with Gasteiger partial charge in [-0.15, -0.1) is 0 Å². The van der Waals surface area contributed by atoms with E-state index in [1.165, 1.54) is 27.8 Å². The smallest absolute Gasteiger partial charge is 0.128 e. The van der Waals surface area contributed by atoms with Crippen molar-refractivity contribution in [3.63, 3.8) is 0 Å². The van der Waals surface area contributed by atoms with Crippen LogP contribution in [0.15, 0.2) is 36.4 Å². The molecule has 0 aliphatic rings. The molecule has 0 N–H and O–H groups in total. The van der Waals surface area contributed by atoms with Crippen LogP contribution in [0.1, 0.15) is 52.1 Å². The van der Waals surface area contributed by atoms with Gasteiger partial charge in [-0.1, -0.05) is 65.6 Å². The Hall–Kier alpha value is -1.89. The predicted molar refractivity (Wildman–Crippen MR) is 89.1 cm³/mol. The standard InChI is InChI=1S/C20H24O/c1-13-6-14(2)9-18(8-13)17(5)20(12-21)19-10-15(3)7-16(4)11-19/h6-12,17,20H,1-5H3. The molecule has 0 aliphatic carbocycles. The Kier molecular flexibility index (Phi) is 4.62. The minimum absolute atomic E-state index is 0.0928. The van der Waals surface area contributed by atoms with Crippen molar-refractivity contribution < 1.29 is 4.79 Å². The number of carbonyl (C=O) groups excluding carboxylic acids is 1. The van der Waals surface area contributed by atoms with Crippen molar-refractivity contribution in [2.75, 3.05) is 0 Å². The van der Waals surface area contributed by atoms with Gasteiger partial charge in [0.25, 0.3) is 0 Å². The number of aldehydes is 1. The van der Waals surface area contributed by atoms with E-state index in [9.17, 15) is 4.79 Å². The van der Waals surface area contributed by atoms with E-state index in [0.717, 1.165) is 11.8 Å². The second kappa shape index (κ2) is 6.26. The van der Waals surface area contributed by atoms with E-state index >= 15 is 0 Å². The highest BCUT2D eigenvalue weighted by Crippen LogP contribution is 2.33. The summed E-state index contributed by atoms with van der Waals surface area (Å²) in [6, 6.07) is 13.0. The summed E-state index contributed by atoms with van der Waals surface area (Å²) in [7, 11) is 0. The lowest BCUT2D eigenvalue weighted by Crippen LogP contribution is -2.11. The van der Waals surface area contributed by atoms with Crippen LogP contribution in [0.25, 0.3) is 0 Å². The van der Waals surface area contributed by atoms with Crippen molar-refractivity contribution in [2.45, 2.75) is 46.5 Å². The summed E-state index contributed by atoms with van der Waals surface area (Å²) >= 11 is 0. The number of benzene rings is 2. The quantitative estimate of drug-likeness (QED) is 0.720. The molecule has 21 heavy (non-hydrogen) atoms. The molecule has 0 saturated carbocycles. The monoisotopic (exact) mass is 280 g/mol. The second-order valence-corrected chi connectivity index (χ2v) is 6.29. The Morgan fingerprint density at radius 3 is 1.48 bits per heavy atom. The van der Waals surface area contributed by atoms with Gasteiger partial charge in [0, 0.05) is 5.92 Å². The highest BCUT2D eigenvalue weighted by Gasteiger charge is 2.21. The molecule has 1 heteroatoms. The first kappa shape index (κ1) is 15.5. The number of carbonyl (C=O) groups is 1. The molecule has 2 aromatic rings. The summed E-state index contributed by atoms with van der Waals surface area (Å²) in [5, 5.41) is 0. The third-order valence-electron chi connectivity index (χ3n) is 4.08. The van der Waals surface area contributed by atoms with Crippen LogP contribution in [0.4, 0.5) is 0 Å². The molecule has 0 aromatic heterocycles. The average molecular weight is 280 g/mol. The summed E-state index contributed by atoms with van der Waals surface area (Å²) in [6.07, 6.45) is 1.09. The van der Waals surface area contributed by atoms with Crippen molar-refractivity contribution in [1.82, 2.24) is 0 Å². The Morgan fingerprint density at radius 1 is 0.714 bits per heavy atom. The molecular weight excluding hydrogens is 256 g/mol. The van der Waals surface area contributed by atoms with E-state index in [1.54, 1.807) is 0 Å². The van der Waals surface area contributed by atoms with E-state index < -0.39 is 0 Å². The van der Waals surface area contributed by atoms with Crippen molar-refractivity contribution in [1.29, 1.82) is 0 Å². The van der Waals surface area contributed by atoms with Crippen LogP contribution in [0.3, 0.4) is 0 Å². The summed E-state index contributed by atoms with van der Waals surface area (Å²) in [6.45, 7) is 10.5. The molecule has 0 bridgehead atoms. The van der Waals surface area contributed by atoms with Gasteiger partial charge in [-0.25, -0.2) is 0 Å². The third-order valence-corrected chi connectivity index (χ3v) is 4.08. The van der Waals surface area contributed by atoms with Gasteiger partial charge in [0.15, 0.2) is 0 Å². The molecule has 2 unspecified atom stereocenters. The van der Waals surface area contributed by atoms with Crippen LogP contribution >= 0.6 is 0 Å².